The van der Waals surface area contributed by atoms with Crippen LogP contribution in [0, 0.1) is 0 Å². The lowest BCUT2D eigenvalue weighted by Gasteiger charge is -2.34. The average molecular weight is 357 g/mol. The molecule has 2 aliphatic heterocycles. The van der Waals surface area contributed by atoms with Crippen LogP contribution in [0.3, 0.4) is 0 Å². The summed E-state index contributed by atoms with van der Waals surface area (Å²) in [7, 11) is 2.16. The van der Waals surface area contributed by atoms with E-state index in [0.717, 1.165) is 51.0 Å². The number of carbonyl (C=O) groups is 1. The average Bonchev–Trinajstić information content (AvgIpc) is 3.05. The van der Waals surface area contributed by atoms with Crippen LogP contribution in [0.25, 0.3) is 0 Å². The van der Waals surface area contributed by atoms with Gasteiger partial charge in [0, 0.05) is 37.4 Å². The first-order valence-electron chi connectivity index (χ1n) is 10.1. The van der Waals surface area contributed by atoms with Gasteiger partial charge >= 0.3 is 0 Å². The van der Waals surface area contributed by atoms with E-state index in [4.69, 9.17) is 4.74 Å². The number of hydrogen-bond donors (Lipinski definition) is 1. The number of hydrogen-bond acceptors (Lipinski definition) is 4. The number of benzene rings is 1. The maximum Gasteiger partial charge on any atom is 0.251 e. The molecular formula is C21H31N3O2. The molecule has 26 heavy (non-hydrogen) atoms. The molecule has 5 heteroatoms. The molecule has 2 saturated heterocycles. The zero-order valence-electron chi connectivity index (χ0n) is 15.9. The van der Waals surface area contributed by atoms with Gasteiger partial charge in [-0.1, -0.05) is 19.3 Å². The molecule has 2 heterocycles. The number of rotatable bonds is 3. The first kappa shape index (κ1) is 17.8. The van der Waals surface area contributed by atoms with E-state index >= 15 is 0 Å². The van der Waals surface area contributed by atoms with E-state index < -0.39 is 0 Å². The molecule has 1 N–H and O–H groups in total. The van der Waals surface area contributed by atoms with Gasteiger partial charge in [0.05, 0.1) is 18.2 Å². The van der Waals surface area contributed by atoms with Gasteiger partial charge in [-0.3, -0.25) is 4.79 Å². The fourth-order valence-corrected chi connectivity index (χ4v) is 4.64. The summed E-state index contributed by atoms with van der Waals surface area (Å²) >= 11 is 0. The zero-order valence-corrected chi connectivity index (χ0v) is 15.9. The van der Waals surface area contributed by atoms with Crippen LogP contribution < -0.4 is 10.2 Å². The molecule has 1 amide bonds. The van der Waals surface area contributed by atoms with E-state index in [1.807, 2.05) is 12.1 Å². The predicted molar refractivity (Wildman–Crippen MR) is 104 cm³/mol. The highest BCUT2D eigenvalue weighted by Crippen LogP contribution is 2.39. The number of nitrogens with one attached hydrogen (secondary N) is 1. The van der Waals surface area contributed by atoms with Gasteiger partial charge in [0.25, 0.3) is 5.91 Å². The standard InChI is InChI=1S/C21H31N3O2/c1-23-11-13-24(14-12-23)19-7-5-17(6-8-19)20(25)22-18-15-21(26-16-18)9-3-2-4-10-21/h5-8,18H,2-4,9-16H2,1H3,(H,22,25)/t18-/m0/s1. The van der Waals surface area contributed by atoms with Crippen molar-refractivity contribution in [3.05, 3.63) is 29.8 Å². The molecule has 0 unspecified atom stereocenters. The number of amides is 1. The van der Waals surface area contributed by atoms with Gasteiger partial charge in [0.15, 0.2) is 0 Å². The minimum absolute atomic E-state index is 0.0244. The fourth-order valence-electron chi connectivity index (χ4n) is 4.64. The highest BCUT2D eigenvalue weighted by atomic mass is 16.5. The van der Waals surface area contributed by atoms with Gasteiger partial charge in [-0.05, 0) is 50.6 Å². The highest BCUT2D eigenvalue weighted by molar-refractivity contribution is 5.94. The van der Waals surface area contributed by atoms with E-state index in [1.54, 1.807) is 0 Å². The summed E-state index contributed by atoms with van der Waals surface area (Å²) in [5, 5.41) is 3.19. The summed E-state index contributed by atoms with van der Waals surface area (Å²) < 4.78 is 6.11. The van der Waals surface area contributed by atoms with Crippen LogP contribution in [0.15, 0.2) is 24.3 Å². The Morgan fingerprint density at radius 2 is 1.77 bits per heavy atom. The van der Waals surface area contributed by atoms with E-state index in [0.29, 0.717) is 6.61 Å². The van der Waals surface area contributed by atoms with Gasteiger partial charge in [0.1, 0.15) is 0 Å². The second-order valence-electron chi connectivity index (χ2n) is 8.27. The van der Waals surface area contributed by atoms with Crippen molar-refractivity contribution in [2.75, 3.05) is 44.7 Å². The molecule has 4 rings (SSSR count). The van der Waals surface area contributed by atoms with E-state index in [9.17, 15) is 4.79 Å². The lowest BCUT2D eigenvalue weighted by molar-refractivity contribution is -0.0246. The van der Waals surface area contributed by atoms with Gasteiger partial charge in [-0.25, -0.2) is 0 Å². The Balaban J connectivity index is 1.32. The van der Waals surface area contributed by atoms with Crippen molar-refractivity contribution in [3.63, 3.8) is 0 Å². The molecule has 0 aromatic heterocycles. The maximum atomic E-state index is 12.6. The smallest absolute Gasteiger partial charge is 0.251 e. The Morgan fingerprint density at radius 3 is 2.46 bits per heavy atom. The lowest BCUT2D eigenvalue weighted by Crippen LogP contribution is -2.44. The molecule has 3 aliphatic rings. The van der Waals surface area contributed by atoms with Crippen LogP contribution in [0.5, 0.6) is 0 Å². The van der Waals surface area contributed by atoms with Crippen LogP contribution >= 0.6 is 0 Å². The van der Waals surface area contributed by atoms with Crippen molar-refractivity contribution >= 4 is 11.6 Å². The topological polar surface area (TPSA) is 44.8 Å². The molecule has 3 fully saturated rings. The quantitative estimate of drug-likeness (QED) is 0.903. The van der Waals surface area contributed by atoms with Crippen molar-refractivity contribution in [1.82, 2.24) is 10.2 Å². The Labute approximate surface area is 156 Å². The number of nitrogens with zero attached hydrogens (tertiary/aromatic N) is 2. The highest BCUT2D eigenvalue weighted by Gasteiger charge is 2.41. The molecule has 1 aromatic rings. The van der Waals surface area contributed by atoms with Crippen molar-refractivity contribution in [1.29, 1.82) is 0 Å². The normalized spacial score (nSPS) is 26.2. The van der Waals surface area contributed by atoms with Gasteiger partial charge in [-0.2, -0.15) is 0 Å². The number of likely N-dealkylation sites (N-methyl/N-ethyl adjacent to an activating group) is 1. The SMILES string of the molecule is CN1CCN(c2ccc(C(=O)N[C@@H]3COC4(CCCCC4)C3)cc2)CC1. The second-order valence-corrected chi connectivity index (χ2v) is 8.27. The number of anilines is 1. The van der Waals surface area contributed by atoms with Crippen LogP contribution in [-0.2, 0) is 4.74 Å². The summed E-state index contributed by atoms with van der Waals surface area (Å²) in [6.45, 7) is 4.93. The molecule has 1 aromatic carbocycles. The lowest BCUT2D eigenvalue weighted by atomic mass is 9.82. The maximum absolute atomic E-state index is 12.6. The summed E-state index contributed by atoms with van der Waals surface area (Å²) in [4.78, 5) is 17.4. The largest absolute Gasteiger partial charge is 0.373 e. The fraction of sp³-hybridized carbons (Fsp3) is 0.667. The summed E-state index contributed by atoms with van der Waals surface area (Å²) in [6, 6.07) is 8.21. The van der Waals surface area contributed by atoms with Crippen LogP contribution in [0.4, 0.5) is 5.69 Å². The van der Waals surface area contributed by atoms with Gasteiger partial charge in [-0.15, -0.1) is 0 Å². The molecule has 142 valence electrons. The van der Waals surface area contributed by atoms with Crippen LogP contribution in [0.2, 0.25) is 0 Å². The van der Waals surface area contributed by atoms with E-state index in [1.165, 1.54) is 24.9 Å². The second kappa shape index (κ2) is 7.57. The van der Waals surface area contributed by atoms with Crippen molar-refractivity contribution in [2.45, 2.75) is 50.2 Å². The van der Waals surface area contributed by atoms with Gasteiger partial charge in [0.2, 0.25) is 0 Å². The third-order valence-corrected chi connectivity index (χ3v) is 6.31. The number of piperazine rings is 1. The monoisotopic (exact) mass is 357 g/mol. The third kappa shape index (κ3) is 3.89. The summed E-state index contributed by atoms with van der Waals surface area (Å²) in [5.41, 5.74) is 1.99. The summed E-state index contributed by atoms with van der Waals surface area (Å²) in [6.07, 6.45) is 7.11. The van der Waals surface area contributed by atoms with E-state index in [-0.39, 0.29) is 17.6 Å². The minimum Gasteiger partial charge on any atom is -0.373 e. The van der Waals surface area contributed by atoms with Crippen LogP contribution in [-0.4, -0.2) is 62.3 Å². The molecule has 5 nitrogen and oxygen atoms in total. The Bertz CT molecular complexity index is 617. The van der Waals surface area contributed by atoms with Gasteiger partial charge < -0.3 is 19.9 Å². The molecule has 0 radical (unpaired) electrons. The first-order valence-corrected chi connectivity index (χ1v) is 10.1. The number of ether oxygens (including phenoxy) is 1. The minimum atomic E-state index is 0.0244. The van der Waals surface area contributed by atoms with Crippen molar-refractivity contribution < 1.29 is 9.53 Å². The Morgan fingerprint density at radius 1 is 1.08 bits per heavy atom. The first-order chi connectivity index (χ1) is 12.6. The van der Waals surface area contributed by atoms with Crippen LogP contribution in [0.1, 0.15) is 48.9 Å². The molecule has 1 spiro atoms. The van der Waals surface area contributed by atoms with E-state index in [2.05, 4.69) is 34.3 Å². The molecule has 0 bridgehead atoms. The Kier molecular flexibility index (Phi) is 5.18. The predicted octanol–water partition coefficient (Wildman–Crippen LogP) is 2.66. The zero-order chi connectivity index (χ0) is 18.0. The number of carbonyl (C=O) groups excluding carboxylic acids is 1. The van der Waals surface area contributed by atoms with Crippen molar-refractivity contribution in [3.8, 4) is 0 Å². The molecule has 1 atom stereocenters. The molecule has 1 aliphatic carbocycles. The van der Waals surface area contributed by atoms with Crippen molar-refractivity contribution in [2.24, 2.45) is 0 Å². The third-order valence-electron chi connectivity index (χ3n) is 6.31. The molecule has 1 saturated carbocycles. The Hall–Kier alpha value is -1.59. The summed E-state index contributed by atoms with van der Waals surface area (Å²) in [5.74, 6) is 0.0244. The molecular weight excluding hydrogens is 326 g/mol.